The average Bonchev–Trinajstić information content (AvgIpc) is 2.28. The molecule has 0 atom stereocenters. The van der Waals surface area contributed by atoms with Gasteiger partial charge in [0.15, 0.2) is 0 Å². The lowest BCUT2D eigenvalue weighted by molar-refractivity contribution is -0.118. The van der Waals surface area contributed by atoms with Gasteiger partial charge in [0.05, 0.1) is 12.2 Å². The zero-order valence-electron chi connectivity index (χ0n) is 10.7. The van der Waals surface area contributed by atoms with Crippen LogP contribution in [0.5, 0.6) is 5.75 Å². The largest absolute Gasteiger partial charge is 0.490 e. The SMILES string of the molecule is CCCC(=O)N1CCOc2cc(C)cc(C)c21. The number of benzene rings is 1. The van der Waals surface area contributed by atoms with Crippen molar-refractivity contribution in [3.63, 3.8) is 0 Å². The summed E-state index contributed by atoms with van der Waals surface area (Å²) in [4.78, 5) is 13.9. The molecule has 0 saturated carbocycles. The maximum atomic E-state index is 12.1. The lowest BCUT2D eigenvalue weighted by Crippen LogP contribution is -2.38. The normalized spacial score (nSPS) is 14.2. The van der Waals surface area contributed by atoms with Crippen LogP contribution in [-0.4, -0.2) is 19.1 Å². The number of aryl methyl sites for hydroxylation is 2. The fourth-order valence-corrected chi connectivity index (χ4v) is 2.33. The van der Waals surface area contributed by atoms with Crippen LogP contribution in [0.2, 0.25) is 0 Å². The molecule has 1 aliphatic heterocycles. The van der Waals surface area contributed by atoms with Gasteiger partial charge in [-0.3, -0.25) is 4.79 Å². The van der Waals surface area contributed by atoms with Gasteiger partial charge in [0.2, 0.25) is 5.91 Å². The maximum absolute atomic E-state index is 12.1. The van der Waals surface area contributed by atoms with Crippen molar-refractivity contribution in [2.24, 2.45) is 0 Å². The molecule has 2 rings (SSSR count). The summed E-state index contributed by atoms with van der Waals surface area (Å²) in [5, 5.41) is 0. The van der Waals surface area contributed by atoms with Crippen LogP contribution in [-0.2, 0) is 4.79 Å². The predicted octanol–water partition coefficient (Wildman–Crippen LogP) is 2.83. The van der Waals surface area contributed by atoms with Crippen LogP contribution in [0.25, 0.3) is 0 Å². The van der Waals surface area contributed by atoms with Crippen LogP contribution in [0.1, 0.15) is 30.9 Å². The van der Waals surface area contributed by atoms with Gasteiger partial charge < -0.3 is 9.64 Å². The quantitative estimate of drug-likeness (QED) is 0.786. The second-order valence-corrected chi connectivity index (χ2v) is 4.57. The summed E-state index contributed by atoms with van der Waals surface area (Å²) in [6.45, 7) is 7.36. The van der Waals surface area contributed by atoms with E-state index in [1.807, 2.05) is 31.7 Å². The topological polar surface area (TPSA) is 29.5 Å². The molecule has 1 amide bonds. The molecule has 3 heteroatoms. The van der Waals surface area contributed by atoms with E-state index in [-0.39, 0.29) is 5.91 Å². The summed E-state index contributed by atoms with van der Waals surface area (Å²) in [6, 6.07) is 4.10. The van der Waals surface area contributed by atoms with Gasteiger partial charge in [0, 0.05) is 6.42 Å². The highest BCUT2D eigenvalue weighted by Gasteiger charge is 2.24. The van der Waals surface area contributed by atoms with E-state index in [9.17, 15) is 4.79 Å². The number of ether oxygens (including phenoxy) is 1. The van der Waals surface area contributed by atoms with Crippen molar-refractivity contribution in [3.05, 3.63) is 23.3 Å². The molecule has 0 radical (unpaired) electrons. The highest BCUT2D eigenvalue weighted by Crippen LogP contribution is 2.36. The Balaban J connectivity index is 2.40. The second-order valence-electron chi connectivity index (χ2n) is 4.57. The molecule has 0 unspecified atom stereocenters. The molecule has 1 aromatic carbocycles. The molecule has 17 heavy (non-hydrogen) atoms. The molecule has 0 fully saturated rings. The number of rotatable bonds is 2. The molecular formula is C14H19NO2. The molecule has 1 heterocycles. The first-order valence-corrected chi connectivity index (χ1v) is 6.18. The molecule has 0 N–H and O–H groups in total. The Morgan fingerprint density at radius 2 is 2.18 bits per heavy atom. The second kappa shape index (κ2) is 4.78. The molecule has 0 aromatic heterocycles. The highest BCUT2D eigenvalue weighted by molar-refractivity contribution is 5.96. The van der Waals surface area contributed by atoms with E-state index in [0.717, 1.165) is 23.4 Å². The molecule has 92 valence electrons. The molecule has 1 aliphatic rings. The number of hydrogen-bond acceptors (Lipinski definition) is 2. The van der Waals surface area contributed by atoms with E-state index < -0.39 is 0 Å². The van der Waals surface area contributed by atoms with Crippen LogP contribution in [0.3, 0.4) is 0 Å². The van der Waals surface area contributed by atoms with Gasteiger partial charge >= 0.3 is 0 Å². The van der Waals surface area contributed by atoms with Gasteiger partial charge in [-0.2, -0.15) is 0 Å². The van der Waals surface area contributed by atoms with E-state index >= 15 is 0 Å². The Bertz CT molecular complexity index is 440. The zero-order chi connectivity index (χ0) is 12.4. The third-order valence-corrected chi connectivity index (χ3v) is 3.02. The van der Waals surface area contributed by atoms with Crippen LogP contribution in [0, 0.1) is 13.8 Å². The van der Waals surface area contributed by atoms with Gasteiger partial charge in [-0.25, -0.2) is 0 Å². The van der Waals surface area contributed by atoms with E-state index in [0.29, 0.717) is 19.6 Å². The van der Waals surface area contributed by atoms with Crippen molar-refractivity contribution < 1.29 is 9.53 Å². The number of hydrogen-bond donors (Lipinski definition) is 0. The Kier molecular flexibility index (Phi) is 3.36. The Hall–Kier alpha value is -1.51. The highest BCUT2D eigenvalue weighted by atomic mass is 16.5. The number of fused-ring (bicyclic) bond motifs is 1. The third kappa shape index (κ3) is 2.28. The van der Waals surface area contributed by atoms with Crippen molar-refractivity contribution in [1.82, 2.24) is 0 Å². The summed E-state index contributed by atoms with van der Waals surface area (Å²) < 4.78 is 5.65. The number of anilines is 1. The van der Waals surface area contributed by atoms with E-state index in [1.54, 1.807) is 0 Å². The summed E-state index contributed by atoms with van der Waals surface area (Å²) in [5.41, 5.74) is 3.25. The van der Waals surface area contributed by atoms with Crippen molar-refractivity contribution in [3.8, 4) is 5.75 Å². The Morgan fingerprint density at radius 1 is 1.41 bits per heavy atom. The zero-order valence-corrected chi connectivity index (χ0v) is 10.7. The van der Waals surface area contributed by atoms with Crippen molar-refractivity contribution >= 4 is 11.6 Å². The van der Waals surface area contributed by atoms with E-state index in [1.165, 1.54) is 5.56 Å². The molecule has 0 bridgehead atoms. The van der Waals surface area contributed by atoms with Crippen molar-refractivity contribution in [2.75, 3.05) is 18.1 Å². The molecule has 0 saturated heterocycles. The number of carbonyl (C=O) groups excluding carboxylic acids is 1. The smallest absolute Gasteiger partial charge is 0.227 e. The van der Waals surface area contributed by atoms with Gasteiger partial charge in [-0.1, -0.05) is 13.0 Å². The molecule has 0 spiro atoms. The van der Waals surface area contributed by atoms with Crippen LogP contribution < -0.4 is 9.64 Å². The van der Waals surface area contributed by atoms with Crippen LogP contribution >= 0.6 is 0 Å². The van der Waals surface area contributed by atoms with Crippen molar-refractivity contribution in [2.45, 2.75) is 33.6 Å². The minimum Gasteiger partial charge on any atom is -0.490 e. The van der Waals surface area contributed by atoms with Gasteiger partial charge in [-0.15, -0.1) is 0 Å². The van der Waals surface area contributed by atoms with Gasteiger partial charge in [0.25, 0.3) is 0 Å². The summed E-state index contributed by atoms with van der Waals surface area (Å²) in [7, 11) is 0. The van der Waals surface area contributed by atoms with E-state index in [2.05, 4.69) is 6.07 Å². The van der Waals surface area contributed by atoms with Crippen LogP contribution in [0.4, 0.5) is 5.69 Å². The monoisotopic (exact) mass is 233 g/mol. The summed E-state index contributed by atoms with van der Waals surface area (Å²) in [6.07, 6.45) is 1.49. The lowest BCUT2D eigenvalue weighted by Gasteiger charge is -2.31. The molecule has 0 aliphatic carbocycles. The van der Waals surface area contributed by atoms with Crippen molar-refractivity contribution in [1.29, 1.82) is 0 Å². The summed E-state index contributed by atoms with van der Waals surface area (Å²) >= 11 is 0. The average molecular weight is 233 g/mol. The fourth-order valence-electron chi connectivity index (χ4n) is 2.33. The minimum absolute atomic E-state index is 0.198. The first-order valence-electron chi connectivity index (χ1n) is 6.18. The summed E-state index contributed by atoms with van der Waals surface area (Å²) in [5.74, 6) is 1.04. The van der Waals surface area contributed by atoms with Crippen LogP contribution in [0.15, 0.2) is 12.1 Å². The molecule has 3 nitrogen and oxygen atoms in total. The fraction of sp³-hybridized carbons (Fsp3) is 0.500. The minimum atomic E-state index is 0.198. The Labute approximate surface area is 102 Å². The molecular weight excluding hydrogens is 214 g/mol. The number of amides is 1. The standard InChI is InChI=1S/C14H19NO2/c1-4-5-13(16)15-6-7-17-12-9-10(2)8-11(3)14(12)15/h8-9H,4-7H2,1-3H3. The Morgan fingerprint density at radius 3 is 2.88 bits per heavy atom. The predicted molar refractivity (Wildman–Crippen MR) is 68.7 cm³/mol. The number of nitrogens with zero attached hydrogens (tertiary/aromatic N) is 1. The third-order valence-electron chi connectivity index (χ3n) is 3.02. The first kappa shape index (κ1) is 12.0. The van der Waals surface area contributed by atoms with E-state index in [4.69, 9.17) is 4.74 Å². The lowest BCUT2D eigenvalue weighted by atomic mass is 10.1. The van der Waals surface area contributed by atoms with Gasteiger partial charge in [-0.05, 0) is 37.5 Å². The van der Waals surface area contributed by atoms with Gasteiger partial charge in [0.1, 0.15) is 12.4 Å². The molecule has 1 aromatic rings. The maximum Gasteiger partial charge on any atom is 0.227 e. The number of carbonyl (C=O) groups is 1. The first-order chi connectivity index (χ1) is 8.13.